The molecule has 0 amide bonds. The van der Waals surface area contributed by atoms with Gasteiger partial charge < -0.3 is 0 Å². The number of ketones is 1. The first kappa shape index (κ1) is 14.8. The van der Waals surface area contributed by atoms with Gasteiger partial charge in [0.2, 0.25) is 0 Å². The van der Waals surface area contributed by atoms with Crippen LogP contribution >= 0.6 is 0 Å². The Morgan fingerprint density at radius 3 is 2.25 bits per heavy atom. The normalized spacial score (nSPS) is 15.6. The molecule has 20 heavy (non-hydrogen) atoms. The minimum absolute atomic E-state index is 0.0655. The summed E-state index contributed by atoms with van der Waals surface area (Å²) in [7, 11) is 0. The van der Waals surface area contributed by atoms with Gasteiger partial charge in [0.25, 0.3) is 0 Å². The van der Waals surface area contributed by atoms with Crippen LogP contribution in [0.1, 0.15) is 69.4 Å². The van der Waals surface area contributed by atoms with E-state index in [1.165, 1.54) is 22.3 Å². The van der Waals surface area contributed by atoms with Gasteiger partial charge >= 0.3 is 0 Å². The summed E-state index contributed by atoms with van der Waals surface area (Å²) < 4.78 is 0. The zero-order valence-electron chi connectivity index (χ0n) is 13.4. The topological polar surface area (TPSA) is 17.1 Å². The second-order valence-electron chi connectivity index (χ2n) is 6.90. The van der Waals surface area contributed by atoms with Crippen molar-refractivity contribution >= 4 is 11.4 Å². The number of benzene rings is 1. The van der Waals surface area contributed by atoms with Crippen molar-refractivity contribution < 1.29 is 4.79 Å². The van der Waals surface area contributed by atoms with E-state index in [0.717, 1.165) is 17.5 Å². The van der Waals surface area contributed by atoms with Gasteiger partial charge in [0.05, 0.1) is 0 Å². The van der Waals surface area contributed by atoms with Crippen LogP contribution in [0.25, 0.3) is 5.57 Å². The number of hydrogen-bond acceptors (Lipinski definition) is 1. The predicted molar refractivity (Wildman–Crippen MR) is 86.1 cm³/mol. The largest absolute Gasteiger partial charge is 0.294 e. The van der Waals surface area contributed by atoms with Crippen LogP contribution in [0.2, 0.25) is 0 Å². The van der Waals surface area contributed by atoms with E-state index in [4.69, 9.17) is 0 Å². The smallest absolute Gasteiger partial charge is 0.160 e. The molecule has 0 aromatic heterocycles. The van der Waals surface area contributed by atoms with E-state index in [-0.39, 0.29) is 11.2 Å². The van der Waals surface area contributed by atoms with Gasteiger partial charge in [-0.25, -0.2) is 0 Å². The Kier molecular flexibility index (Phi) is 3.73. The average Bonchev–Trinajstić information content (AvgIpc) is 2.66. The van der Waals surface area contributed by atoms with Crippen molar-refractivity contribution in [3.05, 3.63) is 52.1 Å². The number of rotatable bonds is 2. The van der Waals surface area contributed by atoms with Crippen LogP contribution in [0.3, 0.4) is 0 Å². The molecule has 0 saturated carbocycles. The van der Waals surface area contributed by atoms with Crippen LogP contribution in [0.5, 0.6) is 0 Å². The standard InChI is InChI=1S/C19H24O/c1-12-9-13(2)17(10-12)16-8-7-15(19(4,5)6)11-18(16)14(3)20/h7-9,11H,10H2,1-6H3. The van der Waals surface area contributed by atoms with Crippen LogP contribution in [0.4, 0.5) is 0 Å². The van der Waals surface area contributed by atoms with Crippen molar-refractivity contribution in [2.75, 3.05) is 0 Å². The first-order valence-electron chi connectivity index (χ1n) is 7.23. The molecule has 0 N–H and O–H groups in total. The minimum atomic E-state index is 0.0655. The maximum Gasteiger partial charge on any atom is 0.160 e. The molecular formula is C19H24O. The molecule has 0 saturated heterocycles. The summed E-state index contributed by atoms with van der Waals surface area (Å²) in [5.41, 5.74) is 7.20. The van der Waals surface area contributed by atoms with Crippen molar-refractivity contribution in [2.24, 2.45) is 0 Å². The maximum absolute atomic E-state index is 12.1. The van der Waals surface area contributed by atoms with Crippen molar-refractivity contribution in [3.63, 3.8) is 0 Å². The highest BCUT2D eigenvalue weighted by Crippen LogP contribution is 2.36. The van der Waals surface area contributed by atoms with Gasteiger partial charge in [0.1, 0.15) is 0 Å². The first-order valence-corrected chi connectivity index (χ1v) is 7.23. The Hall–Kier alpha value is -1.63. The van der Waals surface area contributed by atoms with Gasteiger partial charge in [-0.3, -0.25) is 4.79 Å². The molecule has 0 atom stereocenters. The highest BCUT2D eigenvalue weighted by atomic mass is 16.1. The summed E-state index contributed by atoms with van der Waals surface area (Å²) in [6.07, 6.45) is 3.18. The molecule has 0 heterocycles. The molecule has 106 valence electrons. The molecule has 0 unspecified atom stereocenters. The van der Waals surface area contributed by atoms with E-state index in [1.807, 2.05) is 0 Å². The van der Waals surface area contributed by atoms with Crippen LogP contribution in [0.15, 0.2) is 35.4 Å². The number of hydrogen-bond donors (Lipinski definition) is 0. The second kappa shape index (κ2) is 5.05. The molecule has 0 radical (unpaired) electrons. The van der Waals surface area contributed by atoms with E-state index in [9.17, 15) is 4.79 Å². The third-order valence-electron chi connectivity index (χ3n) is 3.98. The molecular weight excluding hydrogens is 244 g/mol. The van der Waals surface area contributed by atoms with Crippen LogP contribution < -0.4 is 0 Å². The molecule has 1 aliphatic rings. The third-order valence-corrected chi connectivity index (χ3v) is 3.98. The molecule has 1 aromatic rings. The SMILES string of the molecule is CC(=O)c1cc(C(C)(C)C)ccc1C1=C(C)C=C(C)C1. The van der Waals surface area contributed by atoms with E-state index in [2.05, 4.69) is 58.9 Å². The van der Waals surface area contributed by atoms with E-state index >= 15 is 0 Å². The van der Waals surface area contributed by atoms with Crippen molar-refractivity contribution in [3.8, 4) is 0 Å². The molecule has 1 aliphatic carbocycles. The monoisotopic (exact) mass is 268 g/mol. The molecule has 0 spiro atoms. The van der Waals surface area contributed by atoms with Gasteiger partial charge in [-0.05, 0) is 60.9 Å². The summed E-state index contributed by atoms with van der Waals surface area (Å²) in [4.78, 5) is 12.1. The maximum atomic E-state index is 12.1. The summed E-state index contributed by atoms with van der Waals surface area (Å²) in [6.45, 7) is 12.5. The van der Waals surface area contributed by atoms with Gasteiger partial charge in [-0.15, -0.1) is 0 Å². The fourth-order valence-electron chi connectivity index (χ4n) is 2.80. The Labute approximate surface area is 122 Å². The fourth-order valence-corrected chi connectivity index (χ4v) is 2.80. The zero-order valence-corrected chi connectivity index (χ0v) is 13.4. The van der Waals surface area contributed by atoms with Crippen molar-refractivity contribution in [1.82, 2.24) is 0 Å². The van der Waals surface area contributed by atoms with Crippen LogP contribution in [-0.2, 0) is 5.41 Å². The van der Waals surface area contributed by atoms with Crippen molar-refractivity contribution in [2.45, 2.75) is 53.4 Å². The average molecular weight is 268 g/mol. The lowest BCUT2D eigenvalue weighted by Gasteiger charge is -2.21. The minimum Gasteiger partial charge on any atom is -0.294 e. The quantitative estimate of drug-likeness (QED) is 0.664. The van der Waals surface area contributed by atoms with Gasteiger partial charge in [-0.1, -0.05) is 44.6 Å². The van der Waals surface area contributed by atoms with E-state index in [1.54, 1.807) is 6.92 Å². The fraction of sp³-hybridized carbons (Fsp3) is 0.421. The first-order chi connectivity index (χ1) is 9.20. The highest BCUT2D eigenvalue weighted by Gasteiger charge is 2.21. The molecule has 1 aromatic carbocycles. The van der Waals surface area contributed by atoms with E-state index in [0.29, 0.717) is 0 Å². The number of Topliss-reactive ketones (excluding diaryl/α,β-unsaturated/α-hetero) is 1. The number of carbonyl (C=O) groups is 1. The van der Waals surface area contributed by atoms with Crippen LogP contribution in [0, 0.1) is 0 Å². The Morgan fingerprint density at radius 2 is 1.80 bits per heavy atom. The Bertz CT molecular complexity index is 622. The van der Waals surface area contributed by atoms with Gasteiger partial charge in [0, 0.05) is 5.56 Å². The molecule has 0 aliphatic heterocycles. The highest BCUT2D eigenvalue weighted by molar-refractivity contribution is 6.00. The van der Waals surface area contributed by atoms with Gasteiger partial charge in [0.15, 0.2) is 5.78 Å². The molecule has 1 nitrogen and oxygen atoms in total. The predicted octanol–water partition coefficient (Wildman–Crippen LogP) is 5.31. The molecule has 0 bridgehead atoms. The molecule has 0 fully saturated rings. The molecule has 1 heteroatoms. The lowest BCUT2D eigenvalue weighted by atomic mass is 9.83. The summed E-state index contributed by atoms with van der Waals surface area (Å²) >= 11 is 0. The zero-order chi connectivity index (χ0) is 15.1. The van der Waals surface area contributed by atoms with Gasteiger partial charge in [-0.2, -0.15) is 0 Å². The summed E-state index contributed by atoms with van der Waals surface area (Å²) in [5, 5.41) is 0. The lowest BCUT2D eigenvalue weighted by Crippen LogP contribution is -2.13. The Morgan fingerprint density at radius 1 is 1.15 bits per heavy atom. The Balaban J connectivity index is 2.56. The van der Waals surface area contributed by atoms with Crippen molar-refractivity contribution in [1.29, 1.82) is 0 Å². The number of allylic oxidation sites excluding steroid dienone is 4. The third kappa shape index (κ3) is 2.77. The molecule has 2 rings (SSSR count). The summed E-state index contributed by atoms with van der Waals surface area (Å²) in [5.74, 6) is 0.149. The summed E-state index contributed by atoms with van der Waals surface area (Å²) in [6, 6.07) is 6.36. The second-order valence-corrected chi connectivity index (χ2v) is 6.90. The number of carbonyl (C=O) groups excluding carboxylic acids is 1. The van der Waals surface area contributed by atoms with Crippen LogP contribution in [-0.4, -0.2) is 5.78 Å². The lowest BCUT2D eigenvalue weighted by molar-refractivity contribution is 0.101. The van der Waals surface area contributed by atoms with E-state index < -0.39 is 0 Å².